The Hall–Kier alpha value is -3.29. The van der Waals surface area contributed by atoms with Gasteiger partial charge in [-0.1, -0.05) is 42.5 Å². The van der Waals surface area contributed by atoms with E-state index < -0.39 is 7.12 Å². The maximum absolute atomic E-state index is 6.20. The summed E-state index contributed by atoms with van der Waals surface area (Å²) in [6.45, 7) is 8.25. The normalized spacial score (nSPS) is 17.6. The summed E-state index contributed by atoms with van der Waals surface area (Å²) >= 11 is 0. The van der Waals surface area contributed by atoms with E-state index in [0.29, 0.717) is 0 Å². The van der Waals surface area contributed by atoms with Crippen molar-refractivity contribution < 1.29 is 13.9 Å². The predicted octanol–water partition coefficient (Wildman–Crippen LogP) is 4.89. The molecule has 158 valence electrons. The summed E-state index contributed by atoms with van der Waals surface area (Å²) in [6.07, 6.45) is 0. The molecule has 2 aromatic heterocycles. The number of aromatic nitrogens is 3. The van der Waals surface area contributed by atoms with E-state index in [9.17, 15) is 0 Å². The first-order valence-corrected chi connectivity index (χ1v) is 10.7. The van der Waals surface area contributed by atoms with Crippen molar-refractivity contribution in [3.63, 3.8) is 0 Å². The Morgan fingerprint density at radius 3 is 2.19 bits per heavy atom. The van der Waals surface area contributed by atoms with Gasteiger partial charge in [-0.2, -0.15) is 0 Å². The highest BCUT2D eigenvalue weighted by atomic mass is 16.7. The molecule has 0 bridgehead atoms. The summed E-state index contributed by atoms with van der Waals surface area (Å²) in [6, 6.07) is 20.3. The third-order valence-corrected chi connectivity index (χ3v) is 6.80. The zero-order valence-corrected chi connectivity index (χ0v) is 18.4. The lowest BCUT2D eigenvalue weighted by Gasteiger charge is -2.32. The first kappa shape index (κ1) is 19.4. The van der Waals surface area contributed by atoms with Crippen LogP contribution in [-0.4, -0.2) is 33.6 Å². The van der Waals surface area contributed by atoms with Crippen LogP contribution in [0.5, 0.6) is 0 Å². The maximum Gasteiger partial charge on any atom is 0.494 e. The fourth-order valence-corrected chi connectivity index (χ4v) is 4.28. The molecule has 7 heteroatoms. The molecule has 0 unspecified atom stereocenters. The predicted molar refractivity (Wildman–Crippen MR) is 126 cm³/mol. The molecule has 1 aliphatic heterocycles. The number of para-hydroxylation sites is 1. The molecule has 0 saturated carbocycles. The van der Waals surface area contributed by atoms with Gasteiger partial charge >= 0.3 is 7.12 Å². The average Bonchev–Trinajstić information content (AvgIpc) is 3.34. The van der Waals surface area contributed by atoms with Crippen molar-refractivity contribution in [1.82, 2.24) is 15.3 Å². The molecule has 3 aromatic carbocycles. The Morgan fingerprint density at radius 1 is 0.719 bits per heavy atom. The number of nitrogens with zero attached hydrogens (tertiary/aromatic N) is 3. The molecule has 0 aliphatic carbocycles. The molecular weight excluding hydrogens is 401 g/mol. The minimum Gasteiger partial charge on any atom is -0.399 e. The molecule has 5 aromatic rings. The zero-order chi connectivity index (χ0) is 22.1. The van der Waals surface area contributed by atoms with E-state index in [4.69, 9.17) is 18.9 Å². The van der Waals surface area contributed by atoms with Crippen molar-refractivity contribution in [3.05, 3.63) is 60.7 Å². The second kappa shape index (κ2) is 6.61. The Labute approximate surface area is 185 Å². The van der Waals surface area contributed by atoms with Gasteiger partial charge in [0, 0.05) is 21.7 Å². The molecule has 6 rings (SSSR count). The third kappa shape index (κ3) is 2.78. The Morgan fingerprint density at radius 2 is 1.44 bits per heavy atom. The fraction of sp³-hybridized carbons (Fsp3) is 0.240. The van der Waals surface area contributed by atoms with Gasteiger partial charge in [0.25, 0.3) is 0 Å². The second-order valence-electron chi connectivity index (χ2n) is 9.31. The van der Waals surface area contributed by atoms with Gasteiger partial charge in [-0.15, -0.1) is 0 Å². The van der Waals surface area contributed by atoms with E-state index in [-0.39, 0.29) is 11.2 Å². The fourth-order valence-electron chi connectivity index (χ4n) is 4.28. The average molecular weight is 423 g/mol. The molecular formula is C25H22BN3O3. The first-order chi connectivity index (χ1) is 15.3. The van der Waals surface area contributed by atoms with Crippen molar-refractivity contribution in [2.45, 2.75) is 38.9 Å². The molecule has 1 aliphatic rings. The van der Waals surface area contributed by atoms with Gasteiger partial charge in [-0.05, 0) is 61.7 Å². The van der Waals surface area contributed by atoms with Crippen LogP contribution in [0.1, 0.15) is 27.7 Å². The number of hydrogen-bond donors (Lipinski definition) is 0. The third-order valence-electron chi connectivity index (χ3n) is 6.80. The van der Waals surface area contributed by atoms with Crippen LogP contribution in [0.4, 0.5) is 0 Å². The Bertz CT molecular complexity index is 1480. The second-order valence-corrected chi connectivity index (χ2v) is 9.31. The molecule has 1 fully saturated rings. The van der Waals surface area contributed by atoms with Crippen molar-refractivity contribution in [1.29, 1.82) is 0 Å². The monoisotopic (exact) mass is 423 g/mol. The van der Waals surface area contributed by atoms with Crippen LogP contribution in [0.25, 0.3) is 44.0 Å². The smallest absolute Gasteiger partial charge is 0.399 e. The molecule has 0 N–H and O–H groups in total. The highest BCUT2D eigenvalue weighted by Crippen LogP contribution is 2.38. The van der Waals surface area contributed by atoms with E-state index in [1.165, 1.54) is 0 Å². The molecule has 3 heterocycles. The molecule has 32 heavy (non-hydrogen) atoms. The van der Waals surface area contributed by atoms with E-state index in [1.807, 2.05) is 30.3 Å². The topological polar surface area (TPSA) is 70.3 Å². The van der Waals surface area contributed by atoms with Gasteiger partial charge < -0.3 is 9.31 Å². The quantitative estimate of drug-likeness (QED) is 0.298. The summed E-state index contributed by atoms with van der Waals surface area (Å²) in [7, 11) is -0.392. The van der Waals surface area contributed by atoms with Crippen LogP contribution in [0, 0.1) is 0 Å². The van der Waals surface area contributed by atoms with Gasteiger partial charge in [0.1, 0.15) is 11.0 Å². The van der Waals surface area contributed by atoms with Crippen LogP contribution in [0.3, 0.4) is 0 Å². The molecule has 6 nitrogen and oxygen atoms in total. The lowest BCUT2D eigenvalue weighted by Crippen LogP contribution is -2.41. The van der Waals surface area contributed by atoms with E-state index in [2.05, 4.69) is 68.3 Å². The van der Waals surface area contributed by atoms with Crippen molar-refractivity contribution in [3.8, 4) is 11.3 Å². The van der Waals surface area contributed by atoms with Crippen LogP contribution in [0.2, 0.25) is 0 Å². The van der Waals surface area contributed by atoms with Gasteiger partial charge in [0.05, 0.1) is 22.4 Å². The number of fused-ring (bicyclic) bond motifs is 5. The zero-order valence-electron chi connectivity index (χ0n) is 18.4. The minimum absolute atomic E-state index is 0.372. The minimum atomic E-state index is -0.392. The highest BCUT2D eigenvalue weighted by Gasteiger charge is 2.51. The highest BCUT2D eigenvalue weighted by molar-refractivity contribution is 6.62. The van der Waals surface area contributed by atoms with Gasteiger partial charge in [0.2, 0.25) is 0 Å². The lowest BCUT2D eigenvalue weighted by molar-refractivity contribution is 0.00578. The van der Waals surface area contributed by atoms with Crippen molar-refractivity contribution in [2.75, 3.05) is 0 Å². The van der Waals surface area contributed by atoms with Crippen molar-refractivity contribution >= 4 is 45.3 Å². The number of rotatable bonds is 2. The lowest BCUT2D eigenvalue weighted by atomic mass is 9.78. The van der Waals surface area contributed by atoms with Gasteiger partial charge in [0.15, 0.2) is 0 Å². The summed E-state index contributed by atoms with van der Waals surface area (Å²) in [5.74, 6) is 0. The van der Waals surface area contributed by atoms with E-state index in [0.717, 1.165) is 49.4 Å². The van der Waals surface area contributed by atoms with Crippen LogP contribution in [-0.2, 0) is 9.31 Å². The summed E-state index contributed by atoms with van der Waals surface area (Å²) < 4.78 is 17.4. The van der Waals surface area contributed by atoms with E-state index in [1.54, 1.807) is 0 Å². The van der Waals surface area contributed by atoms with Crippen molar-refractivity contribution in [2.24, 2.45) is 0 Å². The summed E-state index contributed by atoms with van der Waals surface area (Å²) in [5.41, 5.74) is 4.53. The number of hydrogen-bond acceptors (Lipinski definition) is 6. The maximum atomic E-state index is 6.20. The SMILES string of the molecule is CC1(C)OB(c2ccc(-c3nc4ccccc4c4c3ccc3nonc34)cc2)OC1(C)C. The summed E-state index contributed by atoms with van der Waals surface area (Å²) in [4.78, 5) is 5.00. The van der Waals surface area contributed by atoms with Crippen LogP contribution < -0.4 is 5.46 Å². The molecule has 0 amide bonds. The largest absolute Gasteiger partial charge is 0.494 e. The first-order valence-electron chi connectivity index (χ1n) is 10.7. The molecule has 1 saturated heterocycles. The molecule has 0 radical (unpaired) electrons. The van der Waals surface area contributed by atoms with Crippen LogP contribution in [0.15, 0.2) is 65.3 Å². The van der Waals surface area contributed by atoms with Gasteiger partial charge in [-0.3, -0.25) is 0 Å². The van der Waals surface area contributed by atoms with Crippen LogP contribution >= 0.6 is 0 Å². The van der Waals surface area contributed by atoms with E-state index >= 15 is 0 Å². The summed E-state index contributed by atoms with van der Waals surface area (Å²) in [5, 5.41) is 11.2. The molecule has 0 atom stereocenters. The number of pyridine rings is 1. The van der Waals surface area contributed by atoms with Gasteiger partial charge in [-0.25, -0.2) is 9.61 Å². The number of benzene rings is 3. The standard InChI is InChI=1S/C25H22BN3O3/c1-24(2)25(3,4)31-26(30-24)16-11-9-15(10-12-16)22-18-13-14-20-23(29-32-28-20)21(18)17-7-5-6-8-19(17)27-22/h5-14H,1-4H3. The Balaban J connectivity index is 1.50. The Kier molecular flexibility index (Phi) is 4.01. The molecule has 0 spiro atoms.